The highest BCUT2D eigenvalue weighted by atomic mass is 19.1. The van der Waals surface area contributed by atoms with Gasteiger partial charge in [-0.1, -0.05) is 54.6 Å². The average Bonchev–Trinajstić information content (AvgIpc) is 2.96. The van der Waals surface area contributed by atoms with Crippen LogP contribution in [0, 0.1) is 5.82 Å². The third-order valence-electron chi connectivity index (χ3n) is 7.61. The Hall–Kier alpha value is -4.39. The first-order chi connectivity index (χ1) is 19.4. The van der Waals surface area contributed by atoms with E-state index < -0.39 is 17.7 Å². The van der Waals surface area contributed by atoms with E-state index in [9.17, 15) is 9.59 Å². The number of hydrogen-bond acceptors (Lipinski definition) is 6. The summed E-state index contributed by atoms with van der Waals surface area (Å²) in [6.45, 7) is 1.95. The molecule has 7 heteroatoms. The summed E-state index contributed by atoms with van der Waals surface area (Å²) in [4.78, 5) is 27.3. The van der Waals surface area contributed by atoms with E-state index in [0.717, 1.165) is 11.1 Å². The number of hydrogen-bond donors (Lipinski definition) is 1. The topological polar surface area (TPSA) is 73.9 Å². The van der Waals surface area contributed by atoms with E-state index in [1.54, 1.807) is 39.3 Å². The first-order valence-electron chi connectivity index (χ1n) is 13.3. The summed E-state index contributed by atoms with van der Waals surface area (Å²) in [5.41, 5.74) is 4.19. The van der Waals surface area contributed by atoms with Gasteiger partial charge in [-0.3, -0.25) is 4.79 Å². The summed E-state index contributed by atoms with van der Waals surface area (Å²) < 4.78 is 31.8. The minimum absolute atomic E-state index is 0.119. The maximum Gasteiger partial charge on any atom is 0.336 e. The lowest BCUT2D eigenvalue weighted by molar-refractivity contribution is -0.139. The van der Waals surface area contributed by atoms with E-state index in [2.05, 4.69) is 5.32 Å². The summed E-state index contributed by atoms with van der Waals surface area (Å²) in [7, 11) is 3.15. The zero-order valence-corrected chi connectivity index (χ0v) is 22.8. The van der Waals surface area contributed by atoms with Crippen molar-refractivity contribution in [2.75, 3.05) is 20.8 Å². The molecule has 0 aromatic heterocycles. The summed E-state index contributed by atoms with van der Waals surface area (Å²) in [5.74, 6) is -0.951. The van der Waals surface area contributed by atoms with Gasteiger partial charge in [-0.25, -0.2) is 9.18 Å². The largest absolute Gasteiger partial charge is 0.493 e. The molecule has 0 saturated carbocycles. The number of allylic oxidation sites excluding steroid dienone is 3. The van der Waals surface area contributed by atoms with Gasteiger partial charge in [0.1, 0.15) is 5.82 Å². The molecule has 1 aliphatic carbocycles. The highest BCUT2D eigenvalue weighted by Gasteiger charge is 2.42. The number of esters is 1. The lowest BCUT2D eigenvalue weighted by Crippen LogP contribution is -2.36. The van der Waals surface area contributed by atoms with Gasteiger partial charge >= 0.3 is 5.97 Å². The fourth-order valence-corrected chi connectivity index (χ4v) is 5.66. The predicted molar refractivity (Wildman–Crippen MR) is 150 cm³/mol. The van der Waals surface area contributed by atoms with Gasteiger partial charge in [0.15, 0.2) is 17.3 Å². The molecule has 1 aliphatic heterocycles. The molecular formula is C33H32FNO5. The number of carbonyl (C=O) groups is 2. The van der Waals surface area contributed by atoms with Gasteiger partial charge in [-0.05, 0) is 48.6 Å². The Labute approximate surface area is 233 Å². The summed E-state index contributed by atoms with van der Waals surface area (Å²) in [5, 5.41) is 3.32. The number of ketones is 1. The monoisotopic (exact) mass is 541 g/mol. The third-order valence-corrected chi connectivity index (χ3v) is 7.61. The minimum atomic E-state index is -0.861. The number of Topliss-reactive ketones (excluding diaryl/α,β-unsaturated/α-hetero) is 1. The first kappa shape index (κ1) is 27.2. The van der Waals surface area contributed by atoms with Crippen LogP contribution in [0.2, 0.25) is 0 Å². The van der Waals surface area contributed by atoms with Gasteiger partial charge in [-0.15, -0.1) is 0 Å². The van der Waals surface area contributed by atoms with Crippen LogP contribution < -0.4 is 14.8 Å². The van der Waals surface area contributed by atoms with Crippen molar-refractivity contribution in [2.45, 2.75) is 38.0 Å². The smallest absolute Gasteiger partial charge is 0.336 e. The fourth-order valence-electron chi connectivity index (χ4n) is 5.66. The summed E-state index contributed by atoms with van der Waals surface area (Å²) >= 11 is 0. The molecule has 0 fully saturated rings. The van der Waals surface area contributed by atoms with Crippen molar-refractivity contribution >= 4 is 11.8 Å². The lowest BCUT2D eigenvalue weighted by Gasteiger charge is -2.36. The van der Waals surface area contributed by atoms with Crippen molar-refractivity contribution in [3.63, 3.8) is 0 Å². The van der Waals surface area contributed by atoms with Crippen LogP contribution in [0.3, 0.4) is 0 Å². The summed E-state index contributed by atoms with van der Waals surface area (Å²) in [6.07, 6.45) is 1.29. The molecule has 3 aromatic rings. The number of methoxy groups -OCH3 is 2. The molecule has 0 amide bonds. The highest BCUT2D eigenvalue weighted by molar-refractivity contribution is 6.04. The van der Waals surface area contributed by atoms with Crippen LogP contribution in [-0.2, 0) is 20.7 Å². The molecule has 0 saturated heterocycles. The Kier molecular flexibility index (Phi) is 8.01. The van der Waals surface area contributed by atoms with E-state index in [4.69, 9.17) is 14.2 Å². The molecule has 2 atom stereocenters. The molecule has 206 valence electrons. The second-order valence-electron chi connectivity index (χ2n) is 10.0. The molecular weight excluding hydrogens is 509 g/mol. The summed E-state index contributed by atoms with van der Waals surface area (Å²) in [6, 6.07) is 21.7. The minimum Gasteiger partial charge on any atom is -0.493 e. The quantitative estimate of drug-likeness (QED) is 0.353. The van der Waals surface area contributed by atoms with Crippen molar-refractivity contribution in [2.24, 2.45) is 0 Å². The van der Waals surface area contributed by atoms with Gasteiger partial charge in [0, 0.05) is 35.4 Å². The van der Waals surface area contributed by atoms with Gasteiger partial charge in [-0.2, -0.15) is 0 Å². The SMILES string of the molecule is COc1ccc([C@@H]2CC(=O)C3=C(C2)NC(C)=C(C(=O)OCCc2ccccc2)[C@H]3c2ccccc2F)cc1OC. The van der Waals surface area contributed by atoms with Crippen LogP contribution >= 0.6 is 0 Å². The number of dihydropyridines is 1. The second kappa shape index (κ2) is 11.8. The van der Waals surface area contributed by atoms with Crippen LogP contribution in [0.5, 0.6) is 11.5 Å². The first-order valence-corrected chi connectivity index (χ1v) is 13.3. The van der Waals surface area contributed by atoms with Crippen LogP contribution in [0.25, 0.3) is 0 Å². The van der Waals surface area contributed by atoms with E-state index in [-0.39, 0.29) is 35.9 Å². The Morgan fingerprint density at radius 1 is 0.950 bits per heavy atom. The van der Waals surface area contributed by atoms with Crippen LogP contribution in [0.4, 0.5) is 4.39 Å². The van der Waals surface area contributed by atoms with Gasteiger partial charge in [0.2, 0.25) is 0 Å². The van der Waals surface area contributed by atoms with Crippen LogP contribution in [-0.4, -0.2) is 32.6 Å². The van der Waals surface area contributed by atoms with Gasteiger partial charge in [0.05, 0.1) is 32.3 Å². The Bertz CT molecular complexity index is 1490. The Morgan fingerprint density at radius 2 is 1.68 bits per heavy atom. The van der Waals surface area contributed by atoms with Gasteiger partial charge < -0.3 is 19.5 Å². The molecule has 0 radical (unpaired) electrons. The standard InChI is InChI=1S/C33H32FNO5/c1-20-30(33(37)40-16-15-21-9-5-4-6-10-21)31(24-11-7-8-12-25(24)34)32-26(35-20)17-23(18-27(32)36)22-13-14-28(38-2)29(19-22)39-3/h4-14,19,23,31,35H,15-18H2,1-3H3/t23-,31+/m0/s1. The molecule has 0 spiro atoms. The van der Waals surface area contributed by atoms with Crippen molar-refractivity contribution in [1.82, 2.24) is 5.32 Å². The van der Waals surface area contributed by atoms with Crippen molar-refractivity contribution in [3.8, 4) is 11.5 Å². The fraction of sp³-hybridized carbons (Fsp3) is 0.273. The molecule has 5 rings (SSSR count). The number of carbonyl (C=O) groups excluding carboxylic acids is 2. The molecule has 2 aliphatic rings. The molecule has 6 nitrogen and oxygen atoms in total. The van der Waals surface area contributed by atoms with Crippen molar-refractivity contribution in [3.05, 3.63) is 118 Å². The van der Waals surface area contributed by atoms with Crippen molar-refractivity contribution < 1.29 is 28.2 Å². The number of rotatable bonds is 8. The molecule has 0 unspecified atom stereocenters. The molecule has 40 heavy (non-hydrogen) atoms. The van der Waals surface area contributed by atoms with Crippen molar-refractivity contribution in [1.29, 1.82) is 0 Å². The van der Waals surface area contributed by atoms with Crippen LogP contribution in [0.1, 0.15) is 48.3 Å². The number of ether oxygens (including phenoxy) is 3. The van der Waals surface area contributed by atoms with Gasteiger partial charge in [0.25, 0.3) is 0 Å². The molecule has 1 heterocycles. The van der Waals surface area contributed by atoms with E-state index in [1.807, 2.05) is 48.5 Å². The molecule has 0 bridgehead atoms. The zero-order valence-electron chi connectivity index (χ0n) is 22.8. The molecule has 3 aromatic carbocycles. The number of nitrogens with one attached hydrogen (secondary N) is 1. The Balaban J connectivity index is 1.47. The maximum absolute atomic E-state index is 15.2. The average molecular weight is 542 g/mol. The highest BCUT2D eigenvalue weighted by Crippen LogP contribution is 2.47. The number of benzene rings is 3. The Morgan fingerprint density at radius 3 is 2.40 bits per heavy atom. The van der Waals surface area contributed by atoms with E-state index in [0.29, 0.717) is 41.3 Å². The second-order valence-corrected chi connectivity index (χ2v) is 10.0. The third kappa shape index (κ3) is 5.37. The predicted octanol–water partition coefficient (Wildman–Crippen LogP) is 5.99. The zero-order chi connectivity index (χ0) is 28.2. The molecule has 1 N–H and O–H groups in total. The number of halogens is 1. The lowest BCUT2D eigenvalue weighted by atomic mass is 9.71. The van der Waals surface area contributed by atoms with E-state index in [1.165, 1.54) is 6.07 Å². The normalized spacial score (nSPS) is 18.6. The maximum atomic E-state index is 15.2. The van der Waals surface area contributed by atoms with E-state index >= 15 is 4.39 Å². The van der Waals surface area contributed by atoms with Crippen LogP contribution in [0.15, 0.2) is 95.3 Å².